The van der Waals surface area contributed by atoms with Crippen molar-refractivity contribution in [3.63, 3.8) is 0 Å². The van der Waals surface area contributed by atoms with E-state index in [-0.39, 0.29) is 17.5 Å². The Balaban J connectivity index is 2.15. The van der Waals surface area contributed by atoms with Crippen LogP contribution in [-0.4, -0.2) is 52.2 Å². The molecule has 0 radical (unpaired) electrons. The smallest absolute Gasteiger partial charge is 0.124 e. The minimum Gasteiger partial charge on any atom is -0.507 e. The SMILES string of the molecule is CCN1CCN(C(C)c2c(O)cccc2O)CC1C. The largest absolute Gasteiger partial charge is 0.507 e. The van der Waals surface area contributed by atoms with Gasteiger partial charge in [-0.2, -0.15) is 0 Å². The summed E-state index contributed by atoms with van der Waals surface area (Å²) in [6, 6.07) is 5.48. The van der Waals surface area contributed by atoms with Crippen molar-refractivity contribution in [3.05, 3.63) is 23.8 Å². The number of aromatic hydroxyl groups is 2. The van der Waals surface area contributed by atoms with Crippen molar-refractivity contribution < 1.29 is 10.2 Å². The first-order valence-electron chi connectivity index (χ1n) is 7.03. The Kier molecular flexibility index (Phi) is 4.32. The Hall–Kier alpha value is -1.26. The predicted molar refractivity (Wildman–Crippen MR) is 76.5 cm³/mol. The zero-order valence-electron chi connectivity index (χ0n) is 12.0. The monoisotopic (exact) mass is 264 g/mol. The van der Waals surface area contributed by atoms with Crippen molar-refractivity contribution in [2.24, 2.45) is 0 Å². The lowest BCUT2D eigenvalue weighted by atomic mass is 10.0. The van der Waals surface area contributed by atoms with E-state index in [0.29, 0.717) is 11.6 Å². The summed E-state index contributed by atoms with van der Waals surface area (Å²) >= 11 is 0. The second-order valence-electron chi connectivity index (χ2n) is 5.36. The highest BCUT2D eigenvalue weighted by Gasteiger charge is 2.28. The van der Waals surface area contributed by atoms with Crippen LogP contribution in [0.5, 0.6) is 11.5 Å². The number of hydrogen-bond donors (Lipinski definition) is 2. The van der Waals surface area contributed by atoms with Gasteiger partial charge in [0.15, 0.2) is 0 Å². The zero-order chi connectivity index (χ0) is 14.0. The summed E-state index contributed by atoms with van der Waals surface area (Å²) in [6.45, 7) is 10.5. The molecule has 1 aliphatic rings. The average molecular weight is 264 g/mol. The molecular formula is C15H24N2O2. The van der Waals surface area contributed by atoms with Crippen molar-refractivity contribution in [2.45, 2.75) is 32.9 Å². The van der Waals surface area contributed by atoms with Crippen LogP contribution in [-0.2, 0) is 0 Å². The highest BCUT2D eigenvalue weighted by atomic mass is 16.3. The number of rotatable bonds is 3. The number of phenolic OH excluding ortho intramolecular Hbond substituents is 2. The summed E-state index contributed by atoms with van der Waals surface area (Å²) < 4.78 is 0. The van der Waals surface area contributed by atoms with E-state index in [9.17, 15) is 10.2 Å². The fraction of sp³-hybridized carbons (Fsp3) is 0.600. The van der Waals surface area contributed by atoms with E-state index in [2.05, 4.69) is 23.6 Å². The molecule has 0 spiro atoms. The zero-order valence-corrected chi connectivity index (χ0v) is 12.0. The maximum atomic E-state index is 9.96. The van der Waals surface area contributed by atoms with E-state index in [4.69, 9.17) is 0 Å². The number of phenols is 2. The third-order valence-corrected chi connectivity index (χ3v) is 4.23. The maximum absolute atomic E-state index is 9.96. The molecule has 0 amide bonds. The highest BCUT2D eigenvalue weighted by molar-refractivity contribution is 5.45. The quantitative estimate of drug-likeness (QED) is 0.878. The summed E-state index contributed by atoms with van der Waals surface area (Å²) in [7, 11) is 0. The second kappa shape index (κ2) is 5.80. The fourth-order valence-electron chi connectivity index (χ4n) is 3.00. The normalized spacial score (nSPS) is 23.4. The maximum Gasteiger partial charge on any atom is 0.124 e. The Bertz CT molecular complexity index is 416. The molecule has 1 aliphatic heterocycles. The number of hydrogen-bond acceptors (Lipinski definition) is 4. The number of nitrogens with zero attached hydrogens (tertiary/aromatic N) is 2. The van der Waals surface area contributed by atoms with Crippen LogP contribution in [0.4, 0.5) is 0 Å². The standard InChI is InChI=1S/C15H24N2O2/c1-4-16-8-9-17(10-11(16)2)12(3)15-13(18)6-5-7-14(15)19/h5-7,11-12,18-19H,4,8-10H2,1-3H3. The van der Waals surface area contributed by atoms with Gasteiger partial charge in [0, 0.05) is 31.7 Å². The van der Waals surface area contributed by atoms with Crippen LogP contribution in [0.3, 0.4) is 0 Å². The van der Waals surface area contributed by atoms with Gasteiger partial charge >= 0.3 is 0 Å². The molecule has 1 fully saturated rings. The minimum atomic E-state index is 0.0302. The van der Waals surface area contributed by atoms with Crippen LogP contribution in [0, 0.1) is 0 Å². The minimum absolute atomic E-state index is 0.0302. The van der Waals surface area contributed by atoms with E-state index in [1.54, 1.807) is 18.2 Å². The molecule has 2 rings (SSSR count). The molecule has 106 valence electrons. The van der Waals surface area contributed by atoms with Gasteiger partial charge in [0.25, 0.3) is 0 Å². The van der Waals surface area contributed by atoms with Crippen LogP contribution in [0.2, 0.25) is 0 Å². The molecule has 19 heavy (non-hydrogen) atoms. The van der Waals surface area contributed by atoms with Crippen molar-refractivity contribution in [2.75, 3.05) is 26.2 Å². The Labute approximate surface area is 115 Å². The van der Waals surface area contributed by atoms with Crippen LogP contribution in [0.25, 0.3) is 0 Å². The van der Waals surface area contributed by atoms with Gasteiger partial charge in [-0.05, 0) is 32.5 Å². The molecule has 0 aliphatic carbocycles. The highest BCUT2D eigenvalue weighted by Crippen LogP contribution is 2.36. The molecule has 2 N–H and O–H groups in total. The van der Waals surface area contributed by atoms with Gasteiger partial charge in [0.05, 0.1) is 5.56 Å². The van der Waals surface area contributed by atoms with Gasteiger partial charge in [0.2, 0.25) is 0 Å². The lowest BCUT2D eigenvalue weighted by Crippen LogP contribution is -2.52. The first-order chi connectivity index (χ1) is 9.04. The molecule has 1 heterocycles. The molecule has 4 heteroatoms. The van der Waals surface area contributed by atoms with E-state index < -0.39 is 0 Å². The summed E-state index contributed by atoms with van der Waals surface area (Å²) in [5.41, 5.74) is 0.639. The molecule has 1 aromatic rings. The molecule has 0 aromatic heterocycles. The lowest BCUT2D eigenvalue weighted by Gasteiger charge is -2.42. The first-order valence-corrected chi connectivity index (χ1v) is 7.03. The molecule has 0 saturated carbocycles. The van der Waals surface area contributed by atoms with Crippen LogP contribution in [0.1, 0.15) is 32.4 Å². The van der Waals surface area contributed by atoms with Crippen molar-refractivity contribution in [3.8, 4) is 11.5 Å². The van der Waals surface area contributed by atoms with Crippen molar-refractivity contribution in [1.82, 2.24) is 9.80 Å². The summed E-state index contributed by atoms with van der Waals surface area (Å²) in [4.78, 5) is 4.78. The van der Waals surface area contributed by atoms with E-state index >= 15 is 0 Å². The second-order valence-corrected chi connectivity index (χ2v) is 5.36. The Morgan fingerprint density at radius 3 is 2.42 bits per heavy atom. The third kappa shape index (κ3) is 2.85. The molecule has 0 bridgehead atoms. The average Bonchev–Trinajstić information content (AvgIpc) is 2.38. The van der Waals surface area contributed by atoms with Gasteiger partial charge in [-0.25, -0.2) is 0 Å². The Morgan fingerprint density at radius 2 is 1.89 bits per heavy atom. The topological polar surface area (TPSA) is 46.9 Å². The number of likely N-dealkylation sites (N-methyl/N-ethyl adjacent to an activating group) is 1. The van der Waals surface area contributed by atoms with Gasteiger partial charge in [-0.3, -0.25) is 9.80 Å². The summed E-state index contributed by atoms with van der Waals surface area (Å²) in [5.74, 6) is 0.358. The molecule has 2 atom stereocenters. The van der Waals surface area contributed by atoms with Gasteiger partial charge in [-0.15, -0.1) is 0 Å². The van der Waals surface area contributed by atoms with E-state index in [1.807, 2.05) is 6.92 Å². The lowest BCUT2D eigenvalue weighted by molar-refractivity contribution is 0.0621. The van der Waals surface area contributed by atoms with Crippen molar-refractivity contribution in [1.29, 1.82) is 0 Å². The Morgan fingerprint density at radius 1 is 1.26 bits per heavy atom. The van der Waals surface area contributed by atoms with Gasteiger partial charge in [-0.1, -0.05) is 13.0 Å². The summed E-state index contributed by atoms with van der Waals surface area (Å²) in [5, 5.41) is 19.9. The van der Waals surface area contributed by atoms with E-state index in [1.165, 1.54) is 0 Å². The van der Waals surface area contributed by atoms with Crippen LogP contribution < -0.4 is 0 Å². The molecule has 1 aromatic carbocycles. The molecule has 4 nitrogen and oxygen atoms in total. The third-order valence-electron chi connectivity index (χ3n) is 4.23. The van der Waals surface area contributed by atoms with E-state index in [0.717, 1.165) is 26.2 Å². The van der Waals surface area contributed by atoms with Gasteiger partial charge < -0.3 is 10.2 Å². The van der Waals surface area contributed by atoms with Crippen molar-refractivity contribution >= 4 is 0 Å². The number of piperazine rings is 1. The van der Waals surface area contributed by atoms with Crippen LogP contribution in [0.15, 0.2) is 18.2 Å². The predicted octanol–water partition coefficient (Wildman–Crippen LogP) is 2.18. The van der Waals surface area contributed by atoms with Gasteiger partial charge in [0.1, 0.15) is 11.5 Å². The fourth-order valence-corrected chi connectivity index (χ4v) is 3.00. The number of benzene rings is 1. The molecular weight excluding hydrogens is 240 g/mol. The molecule has 1 saturated heterocycles. The first kappa shape index (κ1) is 14.2. The van der Waals surface area contributed by atoms with Crippen LogP contribution >= 0.6 is 0 Å². The summed E-state index contributed by atoms with van der Waals surface area (Å²) in [6.07, 6.45) is 0. The molecule has 2 unspecified atom stereocenters.